The molecule has 0 aliphatic carbocycles. The molecule has 0 saturated carbocycles. The van der Waals surface area contributed by atoms with E-state index in [4.69, 9.17) is 5.73 Å². The fraction of sp³-hybridized carbons (Fsp3) is 0.222. The average Bonchev–Trinajstić information content (AvgIpc) is 2.11. The first-order valence-corrected chi connectivity index (χ1v) is 5.66. The first-order valence-electron chi connectivity index (χ1n) is 3.75. The van der Waals surface area contributed by atoms with Crippen LogP contribution in [0.3, 0.4) is 0 Å². The standard InChI is InChI=1S/C9H9Br2NO/c10-5-8(13)4-6-3-7(11)1-2-9(6)12/h1-3H,4-5,12H2. The first kappa shape index (κ1) is 10.7. The van der Waals surface area contributed by atoms with Gasteiger partial charge in [-0.2, -0.15) is 0 Å². The van der Waals surface area contributed by atoms with Gasteiger partial charge in [0.2, 0.25) is 0 Å². The number of hydrogen-bond acceptors (Lipinski definition) is 2. The molecule has 0 heterocycles. The van der Waals surface area contributed by atoms with E-state index in [-0.39, 0.29) is 5.78 Å². The maximum Gasteiger partial charge on any atom is 0.147 e. The van der Waals surface area contributed by atoms with Crippen molar-refractivity contribution in [2.45, 2.75) is 6.42 Å². The van der Waals surface area contributed by atoms with Gasteiger partial charge in [-0.25, -0.2) is 0 Å². The third-order valence-corrected chi connectivity index (χ3v) is 2.76. The lowest BCUT2D eigenvalue weighted by atomic mass is 10.1. The lowest BCUT2D eigenvalue weighted by molar-refractivity contribution is -0.115. The molecule has 0 atom stereocenters. The molecule has 13 heavy (non-hydrogen) atoms. The van der Waals surface area contributed by atoms with Crippen molar-refractivity contribution in [3.63, 3.8) is 0 Å². The van der Waals surface area contributed by atoms with Gasteiger partial charge >= 0.3 is 0 Å². The number of halogens is 2. The summed E-state index contributed by atoms with van der Waals surface area (Å²) in [5, 5.41) is 0.374. The molecule has 4 heteroatoms. The molecule has 0 saturated heterocycles. The molecule has 0 aliphatic heterocycles. The van der Waals surface area contributed by atoms with Crippen LogP contribution in [-0.4, -0.2) is 11.1 Å². The molecule has 1 rings (SSSR count). The van der Waals surface area contributed by atoms with Crippen molar-refractivity contribution in [3.05, 3.63) is 28.2 Å². The Morgan fingerprint density at radius 3 is 2.77 bits per heavy atom. The van der Waals surface area contributed by atoms with Gasteiger partial charge in [-0.3, -0.25) is 4.79 Å². The zero-order valence-electron chi connectivity index (χ0n) is 6.89. The molecule has 0 spiro atoms. The summed E-state index contributed by atoms with van der Waals surface area (Å²) < 4.78 is 0.944. The average molecular weight is 307 g/mol. The molecule has 1 aromatic carbocycles. The van der Waals surface area contributed by atoms with E-state index in [9.17, 15) is 4.79 Å². The predicted molar refractivity (Wildman–Crippen MR) is 61.1 cm³/mol. The zero-order chi connectivity index (χ0) is 9.84. The van der Waals surface area contributed by atoms with Crippen LogP contribution in [0.25, 0.3) is 0 Å². The minimum atomic E-state index is 0.129. The molecular weight excluding hydrogens is 298 g/mol. The number of anilines is 1. The summed E-state index contributed by atoms with van der Waals surface area (Å²) in [6.07, 6.45) is 0.385. The molecular formula is C9H9Br2NO. The van der Waals surface area contributed by atoms with E-state index in [0.717, 1.165) is 10.0 Å². The van der Waals surface area contributed by atoms with Crippen LogP contribution in [-0.2, 0) is 11.2 Å². The second kappa shape index (κ2) is 4.77. The fourth-order valence-electron chi connectivity index (χ4n) is 0.987. The van der Waals surface area contributed by atoms with Crippen LogP contribution in [0.4, 0.5) is 5.69 Å². The van der Waals surface area contributed by atoms with E-state index in [1.165, 1.54) is 0 Å². The summed E-state index contributed by atoms with van der Waals surface area (Å²) in [5.74, 6) is 0.129. The van der Waals surface area contributed by atoms with Gasteiger partial charge in [0.1, 0.15) is 5.78 Å². The number of Topliss-reactive ketones (excluding diaryl/α,β-unsaturated/α-hetero) is 1. The van der Waals surface area contributed by atoms with Crippen molar-refractivity contribution in [1.82, 2.24) is 0 Å². The molecule has 0 radical (unpaired) electrons. The Kier molecular flexibility index (Phi) is 3.93. The Bertz CT molecular complexity index is 325. The van der Waals surface area contributed by atoms with Gasteiger partial charge in [0.05, 0.1) is 5.33 Å². The summed E-state index contributed by atoms with van der Waals surface area (Å²) in [6.45, 7) is 0. The second-order valence-corrected chi connectivity index (χ2v) is 4.17. The number of hydrogen-bond donors (Lipinski definition) is 1. The maximum atomic E-state index is 11.1. The third kappa shape index (κ3) is 3.12. The highest BCUT2D eigenvalue weighted by atomic mass is 79.9. The van der Waals surface area contributed by atoms with E-state index in [1.807, 2.05) is 12.1 Å². The fourth-order valence-corrected chi connectivity index (χ4v) is 1.59. The number of benzene rings is 1. The summed E-state index contributed by atoms with van der Waals surface area (Å²) >= 11 is 6.44. The first-order chi connectivity index (χ1) is 6.13. The monoisotopic (exact) mass is 305 g/mol. The van der Waals surface area contributed by atoms with Crippen molar-refractivity contribution in [3.8, 4) is 0 Å². The van der Waals surface area contributed by atoms with Crippen molar-refractivity contribution < 1.29 is 4.79 Å². The van der Waals surface area contributed by atoms with Crippen molar-refractivity contribution >= 4 is 43.3 Å². The zero-order valence-corrected chi connectivity index (χ0v) is 10.1. The SMILES string of the molecule is Nc1ccc(Br)cc1CC(=O)CBr. The van der Waals surface area contributed by atoms with Crippen LogP contribution < -0.4 is 5.73 Å². The maximum absolute atomic E-state index is 11.1. The Labute approximate surface area is 93.8 Å². The Balaban J connectivity index is 2.87. The number of alkyl halides is 1. The number of nitrogens with two attached hydrogens (primary N) is 1. The Hall–Kier alpha value is -0.350. The molecule has 0 unspecified atom stereocenters. The van der Waals surface area contributed by atoms with Crippen LogP contribution >= 0.6 is 31.9 Å². The summed E-state index contributed by atoms with van der Waals surface area (Å²) in [6, 6.07) is 5.52. The molecule has 2 nitrogen and oxygen atoms in total. The van der Waals surface area contributed by atoms with Crippen molar-refractivity contribution in [1.29, 1.82) is 0 Å². The second-order valence-electron chi connectivity index (χ2n) is 2.69. The van der Waals surface area contributed by atoms with Gasteiger partial charge in [0.15, 0.2) is 0 Å². The lowest BCUT2D eigenvalue weighted by Gasteiger charge is -2.03. The molecule has 0 aromatic heterocycles. The van der Waals surface area contributed by atoms with Gasteiger partial charge in [0, 0.05) is 16.6 Å². The highest BCUT2D eigenvalue weighted by Crippen LogP contribution is 2.19. The number of carbonyl (C=O) groups is 1. The molecule has 0 bridgehead atoms. The molecule has 70 valence electrons. The minimum Gasteiger partial charge on any atom is -0.398 e. The predicted octanol–water partition coefficient (Wildman–Crippen LogP) is 2.54. The minimum absolute atomic E-state index is 0.129. The summed E-state index contributed by atoms with van der Waals surface area (Å²) in [7, 11) is 0. The van der Waals surface area contributed by atoms with Gasteiger partial charge < -0.3 is 5.73 Å². The highest BCUT2D eigenvalue weighted by molar-refractivity contribution is 9.10. The van der Waals surface area contributed by atoms with E-state index in [1.54, 1.807) is 6.07 Å². The molecule has 0 fully saturated rings. The van der Waals surface area contributed by atoms with Crippen LogP contribution in [0.2, 0.25) is 0 Å². The van der Waals surface area contributed by atoms with E-state index < -0.39 is 0 Å². The van der Waals surface area contributed by atoms with E-state index >= 15 is 0 Å². The van der Waals surface area contributed by atoms with Gasteiger partial charge in [-0.05, 0) is 23.8 Å². The number of nitrogen functional groups attached to an aromatic ring is 1. The van der Waals surface area contributed by atoms with Gasteiger partial charge in [-0.15, -0.1) is 0 Å². The van der Waals surface area contributed by atoms with Gasteiger partial charge in [-0.1, -0.05) is 31.9 Å². The van der Waals surface area contributed by atoms with Crippen LogP contribution in [0.15, 0.2) is 22.7 Å². The quantitative estimate of drug-likeness (QED) is 0.689. The van der Waals surface area contributed by atoms with E-state index in [2.05, 4.69) is 31.9 Å². The molecule has 2 N–H and O–H groups in total. The van der Waals surface area contributed by atoms with Crippen LogP contribution in [0, 0.1) is 0 Å². The normalized spacial score (nSPS) is 10.0. The van der Waals surface area contributed by atoms with Crippen LogP contribution in [0.5, 0.6) is 0 Å². The molecule has 0 aliphatic rings. The number of carbonyl (C=O) groups excluding carboxylic acids is 1. The highest BCUT2D eigenvalue weighted by Gasteiger charge is 2.05. The van der Waals surface area contributed by atoms with Crippen molar-refractivity contribution in [2.24, 2.45) is 0 Å². The lowest BCUT2D eigenvalue weighted by Crippen LogP contribution is -2.05. The topological polar surface area (TPSA) is 43.1 Å². The van der Waals surface area contributed by atoms with Crippen LogP contribution in [0.1, 0.15) is 5.56 Å². The number of rotatable bonds is 3. The summed E-state index contributed by atoms with van der Waals surface area (Å²) in [5.41, 5.74) is 7.24. The largest absolute Gasteiger partial charge is 0.398 e. The third-order valence-electron chi connectivity index (χ3n) is 1.64. The van der Waals surface area contributed by atoms with E-state index in [0.29, 0.717) is 17.4 Å². The number of ketones is 1. The summed E-state index contributed by atoms with van der Waals surface area (Å²) in [4.78, 5) is 11.1. The Morgan fingerprint density at radius 1 is 1.46 bits per heavy atom. The van der Waals surface area contributed by atoms with Crippen molar-refractivity contribution in [2.75, 3.05) is 11.1 Å². The molecule has 1 aromatic rings. The smallest absolute Gasteiger partial charge is 0.147 e. The Morgan fingerprint density at radius 2 is 2.15 bits per heavy atom. The van der Waals surface area contributed by atoms with Gasteiger partial charge in [0.25, 0.3) is 0 Å². The molecule has 0 amide bonds.